The van der Waals surface area contributed by atoms with Crippen molar-refractivity contribution in [3.05, 3.63) is 0 Å². The average molecular weight is 209 g/mol. The molecule has 0 amide bonds. The van der Waals surface area contributed by atoms with Crippen molar-refractivity contribution in [1.29, 1.82) is 0 Å². The number of nitrogens with one attached hydrogen (secondary N) is 1. The Morgan fingerprint density at radius 1 is 1.20 bits per heavy atom. The Bertz CT molecular complexity index is 194. The molecule has 0 saturated heterocycles. The highest BCUT2D eigenvalue weighted by Gasteiger charge is 2.46. The van der Waals surface area contributed by atoms with Crippen LogP contribution in [-0.2, 0) is 0 Å². The molecule has 2 saturated carbocycles. The normalized spacial score (nSPS) is 31.2. The van der Waals surface area contributed by atoms with Gasteiger partial charge in [-0.25, -0.2) is 0 Å². The van der Waals surface area contributed by atoms with Crippen LogP contribution in [0.3, 0.4) is 0 Å². The predicted octanol–water partition coefficient (Wildman–Crippen LogP) is 3.74. The van der Waals surface area contributed by atoms with Gasteiger partial charge in [0.05, 0.1) is 0 Å². The third kappa shape index (κ3) is 2.38. The number of hydrogen-bond donors (Lipinski definition) is 1. The second-order valence-electron chi connectivity index (χ2n) is 5.94. The van der Waals surface area contributed by atoms with Crippen molar-refractivity contribution >= 4 is 0 Å². The zero-order valence-corrected chi connectivity index (χ0v) is 10.5. The Hall–Kier alpha value is -0.0400. The van der Waals surface area contributed by atoms with Crippen LogP contribution in [0.25, 0.3) is 0 Å². The second kappa shape index (κ2) is 4.86. The molecule has 1 spiro atoms. The van der Waals surface area contributed by atoms with E-state index < -0.39 is 0 Å². The molecule has 1 N–H and O–H groups in total. The van der Waals surface area contributed by atoms with E-state index in [1.165, 1.54) is 57.9 Å². The molecule has 0 aromatic carbocycles. The molecule has 2 aliphatic rings. The summed E-state index contributed by atoms with van der Waals surface area (Å²) in [6.07, 6.45) is 11.7. The Balaban J connectivity index is 1.78. The number of rotatable bonds is 4. The molecule has 15 heavy (non-hydrogen) atoms. The molecule has 88 valence electrons. The molecular weight excluding hydrogens is 182 g/mol. The molecule has 0 aromatic rings. The molecular formula is C14H27N. The van der Waals surface area contributed by atoms with Gasteiger partial charge in [-0.3, -0.25) is 0 Å². The fourth-order valence-electron chi connectivity index (χ4n) is 3.36. The quantitative estimate of drug-likeness (QED) is 0.744. The van der Waals surface area contributed by atoms with E-state index in [9.17, 15) is 0 Å². The molecule has 0 heterocycles. The summed E-state index contributed by atoms with van der Waals surface area (Å²) in [5, 5.41) is 3.83. The molecule has 0 bridgehead atoms. The first-order valence-electron chi connectivity index (χ1n) is 7.00. The molecule has 2 fully saturated rings. The second-order valence-corrected chi connectivity index (χ2v) is 5.94. The smallest absolute Gasteiger partial charge is 0.0124 e. The summed E-state index contributed by atoms with van der Waals surface area (Å²) in [4.78, 5) is 0. The summed E-state index contributed by atoms with van der Waals surface area (Å²) >= 11 is 0. The zero-order valence-electron chi connectivity index (χ0n) is 10.5. The SMILES string of the molecule is CCC(C)CNC1CCC12CCCCC2. The van der Waals surface area contributed by atoms with E-state index in [4.69, 9.17) is 0 Å². The van der Waals surface area contributed by atoms with Crippen molar-refractivity contribution < 1.29 is 0 Å². The largest absolute Gasteiger partial charge is 0.313 e. The molecule has 0 aromatic heterocycles. The van der Waals surface area contributed by atoms with E-state index >= 15 is 0 Å². The molecule has 2 unspecified atom stereocenters. The van der Waals surface area contributed by atoms with Gasteiger partial charge < -0.3 is 5.32 Å². The van der Waals surface area contributed by atoms with Crippen molar-refractivity contribution in [1.82, 2.24) is 5.32 Å². The Morgan fingerprint density at radius 2 is 1.93 bits per heavy atom. The molecule has 1 nitrogen and oxygen atoms in total. The minimum absolute atomic E-state index is 0.742. The molecule has 0 aliphatic heterocycles. The van der Waals surface area contributed by atoms with E-state index in [1.54, 1.807) is 0 Å². The average Bonchev–Trinajstić information content (AvgIpc) is 2.28. The van der Waals surface area contributed by atoms with Gasteiger partial charge >= 0.3 is 0 Å². The Labute approximate surface area is 95.0 Å². The Morgan fingerprint density at radius 3 is 2.47 bits per heavy atom. The Kier molecular flexibility index (Phi) is 3.71. The van der Waals surface area contributed by atoms with Crippen LogP contribution in [0.2, 0.25) is 0 Å². The third-order valence-corrected chi connectivity index (χ3v) is 4.93. The van der Waals surface area contributed by atoms with E-state index in [0.717, 1.165) is 17.4 Å². The first-order chi connectivity index (χ1) is 7.27. The van der Waals surface area contributed by atoms with Crippen LogP contribution in [0.5, 0.6) is 0 Å². The van der Waals surface area contributed by atoms with Gasteiger partial charge in [0.25, 0.3) is 0 Å². The van der Waals surface area contributed by atoms with Crippen molar-refractivity contribution in [2.45, 2.75) is 71.3 Å². The highest BCUT2D eigenvalue weighted by atomic mass is 15.0. The van der Waals surface area contributed by atoms with E-state index in [2.05, 4.69) is 19.2 Å². The van der Waals surface area contributed by atoms with E-state index in [0.29, 0.717) is 0 Å². The lowest BCUT2D eigenvalue weighted by molar-refractivity contribution is 0.0213. The maximum atomic E-state index is 3.83. The van der Waals surface area contributed by atoms with E-state index in [-0.39, 0.29) is 0 Å². The van der Waals surface area contributed by atoms with Crippen LogP contribution in [0, 0.1) is 11.3 Å². The van der Waals surface area contributed by atoms with Gasteiger partial charge in [0.15, 0.2) is 0 Å². The fraction of sp³-hybridized carbons (Fsp3) is 1.00. The summed E-state index contributed by atoms with van der Waals surface area (Å²) < 4.78 is 0. The lowest BCUT2D eigenvalue weighted by Crippen LogP contribution is -2.55. The van der Waals surface area contributed by atoms with Crippen LogP contribution >= 0.6 is 0 Å². The molecule has 2 rings (SSSR count). The van der Waals surface area contributed by atoms with Gasteiger partial charge in [-0.2, -0.15) is 0 Å². The summed E-state index contributed by atoms with van der Waals surface area (Å²) in [6.45, 7) is 5.89. The summed E-state index contributed by atoms with van der Waals surface area (Å²) in [5.74, 6) is 0.853. The van der Waals surface area contributed by atoms with Crippen molar-refractivity contribution in [2.24, 2.45) is 11.3 Å². The zero-order chi connectivity index (χ0) is 10.7. The van der Waals surface area contributed by atoms with Gasteiger partial charge in [0, 0.05) is 6.04 Å². The lowest BCUT2D eigenvalue weighted by Gasteiger charge is -2.53. The third-order valence-electron chi connectivity index (χ3n) is 4.93. The minimum Gasteiger partial charge on any atom is -0.313 e. The number of hydrogen-bond acceptors (Lipinski definition) is 1. The minimum atomic E-state index is 0.742. The fourth-order valence-corrected chi connectivity index (χ4v) is 3.36. The summed E-state index contributed by atoms with van der Waals surface area (Å²) in [7, 11) is 0. The van der Waals surface area contributed by atoms with Crippen LogP contribution in [0.4, 0.5) is 0 Å². The topological polar surface area (TPSA) is 12.0 Å². The van der Waals surface area contributed by atoms with Crippen LogP contribution in [0.15, 0.2) is 0 Å². The van der Waals surface area contributed by atoms with E-state index in [1.807, 2.05) is 0 Å². The first kappa shape index (κ1) is 11.4. The van der Waals surface area contributed by atoms with Crippen molar-refractivity contribution in [3.63, 3.8) is 0 Å². The van der Waals surface area contributed by atoms with Crippen LogP contribution < -0.4 is 5.32 Å². The molecule has 0 radical (unpaired) electrons. The first-order valence-corrected chi connectivity index (χ1v) is 7.00. The lowest BCUT2D eigenvalue weighted by atomic mass is 9.57. The standard InChI is InChI=1S/C14H27N/c1-3-12(2)11-15-13-7-10-14(13)8-5-4-6-9-14/h12-13,15H,3-11H2,1-2H3. The van der Waals surface area contributed by atoms with Gasteiger partial charge in [0.1, 0.15) is 0 Å². The highest BCUT2D eigenvalue weighted by Crippen LogP contribution is 2.51. The molecule has 1 heteroatoms. The van der Waals surface area contributed by atoms with Crippen LogP contribution in [0.1, 0.15) is 65.2 Å². The molecule has 2 atom stereocenters. The van der Waals surface area contributed by atoms with Gasteiger partial charge in [-0.1, -0.05) is 39.5 Å². The summed E-state index contributed by atoms with van der Waals surface area (Å²) in [6, 6.07) is 0.867. The van der Waals surface area contributed by atoms with Crippen molar-refractivity contribution in [3.8, 4) is 0 Å². The maximum Gasteiger partial charge on any atom is 0.0124 e. The highest BCUT2D eigenvalue weighted by molar-refractivity contribution is 5.01. The molecule has 2 aliphatic carbocycles. The van der Waals surface area contributed by atoms with Gasteiger partial charge in [0.2, 0.25) is 0 Å². The predicted molar refractivity (Wildman–Crippen MR) is 66.0 cm³/mol. The summed E-state index contributed by atoms with van der Waals surface area (Å²) in [5.41, 5.74) is 0.742. The van der Waals surface area contributed by atoms with Gasteiger partial charge in [-0.05, 0) is 43.6 Å². The monoisotopic (exact) mass is 209 g/mol. The van der Waals surface area contributed by atoms with Crippen molar-refractivity contribution in [2.75, 3.05) is 6.54 Å². The van der Waals surface area contributed by atoms with Gasteiger partial charge in [-0.15, -0.1) is 0 Å². The van der Waals surface area contributed by atoms with Crippen LogP contribution in [-0.4, -0.2) is 12.6 Å². The maximum absolute atomic E-state index is 3.83.